The fourth-order valence-electron chi connectivity index (χ4n) is 2.78. The number of aromatic nitrogens is 1. The Balaban J connectivity index is 2.09. The van der Waals surface area contributed by atoms with Crippen LogP contribution < -0.4 is 11.1 Å². The Bertz CT molecular complexity index is 699. The Hall–Kier alpha value is -2.21. The number of nitrogens with zero attached hydrogens (tertiary/aromatic N) is 2. The maximum atomic E-state index is 11.5. The number of nitro groups is 1. The molecule has 21 heavy (non-hydrogen) atoms. The smallest absolute Gasteiger partial charge is 0.301 e. The van der Waals surface area contributed by atoms with Crippen molar-refractivity contribution in [3.8, 4) is 0 Å². The molecule has 1 fully saturated rings. The Kier molecular flexibility index (Phi) is 3.25. The van der Waals surface area contributed by atoms with Crippen LogP contribution in [0.5, 0.6) is 0 Å². The minimum Gasteiger partial charge on any atom is -0.373 e. The summed E-state index contributed by atoms with van der Waals surface area (Å²) in [5, 5.41) is 15.4. The highest BCUT2D eigenvalue weighted by Gasteiger charge is 2.41. The number of hydrogen-bond acceptors (Lipinski definition) is 5. The molecule has 1 aromatic heterocycles. The van der Waals surface area contributed by atoms with Crippen molar-refractivity contribution in [3.63, 3.8) is 0 Å². The Morgan fingerprint density at radius 1 is 1.48 bits per heavy atom. The Morgan fingerprint density at radius 2 is 2.24 bits per heavy atom. The first kappa shape index (κ1) is 13.8. The SMILES string of the molecule is CC(CN)(Nc1ccc2ncccc2c1[N+](=O)[O-])C1CC1. The Labute approximate surface area is 122 Å². The third-order valence-corrected chi connectivity index (χ3v) is 4.26. The lowest BCUT2D eigenvalue weighted by molar-refractivity contribution is -0.382. The van der Waals surface area contributed by atoms with Crippen LogP contribution in [0.1, 0.15) is 19.8 Å². The van der Waals surface area contributed by atoms with Gasteiger partial charge in [0.25, 0.3) is 0 Å². The molecule has 1 saturated carbocycles. The third-order valence-electron chi connectivity index (χ3n) is 4.26. The standard InChI is InChI=1S/C15H18N4O2/c1-15(9-16,10-4-5-10)18-13-7-6-12-11(3-2-8-17-12)14(13)19(20)21/h2-3,6-8,10,18H,4-5,9,16H2,1H3. The Morgan fingerprint density at radius 3 is 2.86 bits per heavy atom. The molecule has 0 amide bonds. The molecular weight excluding hydrogens is 268 g/mol. The second-order valence-corrected chi connectivity index (χ2v) is 5.81. The van der Waals surface area contributed by atoms with Gasteiger partial charge >= 0.3 is 5.69 Å². The summed E-state index contributed by atoms with van der Waals surface area (Å²) in [5.41, 5.74) is 6.79. The quantitative estimate of drug-likeness (QED) is 0.651. The van der Waals surface area contributed by atoms with E-state index in [4.69, 9.17) is 5.73 Å². The molecule has 1 atom stereocenters. The molecule has 0 bridgehead atoms. The van der Waals surface area contributed by atoms with Gasteiger partial charge in [0, 0.05) is 18.3 Å². The summed E-state index contributed by atoms with van der Waals surface area (Å²) in [6.45, 7) is 2.47. The van der Waals surface area contributed by atoms with Crippen molar-refractivity contribution >= 4 is 22.3 Å². The van der Waals surface area contributed by atoms with Crippen LogP contribution in [0, 0.1) is 16.0 Å². The zero-order chi connectivity index (χ0) is 15.0. The largest absolute Gasteiger partial charge is 0.373 e. The summed E-state index contributed by atoms with van der Waals surface area (Å²) >= 11 is 0. The van der Waals surface area contributed by atoms with E-state index in [9.17, 15) is 10.1 Å². The van der Waals surface area contributed by atoms with E-state index < -0.39 is 0 Å². The molecule has 110 valence electrons. The molecule has 1 aliphatic carbocycles. The van der Waals surface area contributed by atoms with Gasteiger partial charge in [-0.15, -0.1) is 0 Å². The first-order valence-electron chi connectivity index (χ1n) is 7.05. The number of benzene rings is 1. The topological polar surface area (TPSA) is 94.1 Å². The summed E-state index contributed by atoms with van der Waals surface area (Å²) in [7, 11) is 0. The van der Waals surface area contributed by atoms with Gasteiger partial charge < -0.3 is 11.1 Å². The fraction of sp³-hybridized carbons (Fsp3) is 0.400. The van der Waals surface area contributed by atoms with Crippen LogP contribution in [-0.4, -0.2) is 22.0 Å². The average Bonchev–Trinajstić information content (AvgIpc) is 3.31. The molecule has 3 N–H and O–H groups in total. The molecule has 0 saturated heterocycles. The fourth-order valence-corrected chi connectivity index (χ4v) is 2.78. The minimum atomic E-state index is -0.351. The number of rotatable bonds is 5. The zero-order valence-corrected chi connectivity index (χ0v) is 11.9. The molecule has 0 spiro atoms. The summed E-state index contributed by atoms with van der Waals surface area (Å²) < 4.78 is 0. The molecular formula is C15H18N4O2. The van der Waals surface area contributed by atoms with Crippen LogP contribution in [0.4, 0.5) is 11.4 Å². The average molecular weight is 286 g/mol. The van der Waals surface area contributed by atoms with Gasteiger partial charge in [-0.2, -0.15) is 0 Å². The van der Waals surface area contributed by atoms with Gasteiger partial charge in [-0.1, -0.05) is 0 Å². The molecule has 0 aliphatic heterocycles. The molecule has 6 nitrogen and oxygen atoms in total. The van der Waals surface area contributed by atoms with Gasteiger partial charge in [0.2, 0.25) is 0 Å². The maximum absolute atomic E-state index is 11.5. The number of nitrogens with two attached hydrogens (primary N) is 1. The van der Waals surface area contributed by atoms with Crippen molar-refractivity contribution in [1.82, 2.24) is 4.98 Å². The highest BCUT2D eigenvalue weighted by molar-refractivity contribution is 5.94. The third kappa shape index (κ3) is 2.42. The van der Waals surface area contributed by atoms with Gasteiger partial charge in [0.05, 0.1) is 15.8 Å². The molecule has 6 heteroatoms. The predicted octanol–water partition coefficient (Wildman–Crippen LogP) is 2.68. The van der Waals surface area contributed by atoms with Crippen LogP contribution in [0.15, 0.2) is 30.5 Å². The highest BCUT2D eigenvalue weighted by atomic mass is 16.6. The van der Waals surface area contributed by atoms with Gasteiger partial charge in [-0.3, -0.25) is 15.1 Å². The van der Waals surface area contributed by atoms with E-state index >= 15 is 0 Å². The number of anilines is 1. The van der Waals surface area contributed by atoms with Crippen molar-refractivity contribution in [2.24, 2.45) is 11.7 Å². The lowest BCUT2D eigenvalue weighted by Gasteiger charge is -2.30. The van der Waals surface area contributed by atoms with Crippen molar-refractivity contribution in [2.45, 2.75) is 25.3 Å². The highest BCUT2D eigenvalue weighted by Crippen LogP contribution is 2.43. The van der Waals surface area contributed by atoms with Gasteiger partial charge in [-0.25, -0.2) is 0 Å². The van der Waals surface area contributed by atoms with Crippen LogP contribution in [-0.2, 0) is 0 Å². The number of pyridine rings is 1. The molecule has 0 radical (unpaired) electrons. The summed E-state index contributed by atoms with van der Waals surface area (Å²) in [6, 6.07) is 6.96. The van der Waals surface area contributed by atoms with Gasteiger partial charge in [0.15, 0.2) is 0 Å². The van der Waals surface area contributed by atoms with E-state index in [1.165, 1.54) is 0 Å². The normalized spacial score (nSPS) is 17.4. The van der Waals surface area contributed by atoms with E-state index in [2.05, 4.69) is 10.3 Å². The van der Waals surface area contributed by atoms with Crippen LogP contribution >= 0.6 is 0 Å². The van der Waals surface area contributed by atoms with E-state index in [0.717, 1.165) is 12.8 Å². The second-order valence-electron chi connectivity index (χ2n) is 5.81. The van der Waals surface area contributed by atoms with Crippen molar-refractivity contribution < 1.29 is 4.92 Å². The van der Waals surface area contributed by atoms with E-state index in [1.807, 2.05) is 6.92 Å². The van der Waals surface area contributed by atoms with Crippen molar-refractivity contribution in [2.75, 3.05) is 11.9 Å². The number of nitrogens with one attached hydrogen (secondary N) is 1. The summed E-state index contributed by atoms with van der Waals surface area (Å²) in [5.74, 6) is 0.478. The van der Waals surface area contributed by atoms with Gasteiger partial charge in [0.1, 0.15) is 5.69 Å². The lowest BCUT2D eigenvalue weighted by atomic mass is 9.95. The van der Waals surface area contributed by atoms with Crippen molar-refractivity contribution in [3.05, 3.63) is 40.6 Å². The first-order valence-corrected chi connectivity index (χ1v) is 7.05. The molecule has 1 unspecified atom stereocenters. The number of fused-ring (bicyclic) bond motifs is 1. The van der Waals surface area contributed by atoms with E-state index in [1.54, 1.807) is 30.5 Å². The molecule has 1 aromatic carbocycles. The van der Waals surface area contributed by atoms with Crippen molar-refractivity contribution in [1.29, 1.82) is 0 Å². The van der Waals surface area contributed by atoms with Crippen LogP contribution in [0.3, 0.4) is 0 Å². The van der Waals surface area contributed by atoms with E-state index in [0.29, 0.717) is 29.1 Å². The van der Waals surface area contributed by atoms with Crippen LogP contribution in [0.25, 0.3) is 10.9 Å². The predicted molar refractivity (Wildman–Crippen MR) is 82.2 cm³/mol. The van der Waals surface area contributed by atoms with E-state index in [-0.39, 0.29) is 16.1 Å². The molecule has 1 heterocycles. The lowest BCUT2D eigenvalue weighted by Crippen LogP contribution is -2.44. The summed E-state index contributed by atoms with van der Waals surface area (Å²) in [4.78, 5) is 15.3. The van der Waals surface area contributed by atoms with Gasteiger partial charge in [-0.05, 0) is 49.9 Å². The molecule has 2 aromatic rings. The minimum absolute atomic E-state index is 0.0703. The monoisotopic (exact) mass is 286 g/mol. The van der Waals surface area contributed by atoms with Crippen LogP contribution in [0.2, 0.25) is 0 Å². The number of hydrogen-bond donors (Lipinski definition) is 2. The first-order chi connectivity index (χ1) is 10.0. The second kappa shape index (κ2) is 4.96. The molecule has 3 rings (SSSR count). The summed E-state index contributed by atoms with van der Waals surface area (Å²) in [6.07, 6.45) is 3.86. The number of nitro benzene ring substituents is 1. The molecule has 1 aliphatic rings. The zero-order valence-electron chi connectivity index (χ0n) is 11.9. The maximum Gasteiger partial charge on any atom is 0.301 e.